The van der Waals surface area contributed by atoms with Crippen LogP contribution in [-0.4, -0.2) is 23.3 Å². The second-order valence-corrected chi connectivity index (χ2v) is 7.41. The van der Waals surface area contributed by atoms with Crippen LogP contribution in [0, 0.1) is 0 Å². The maximum Gasteiger partial charge on any atom is 0.496 e. The third kappa shape index (κ3) is 3.44. The van der Waals surface area contributed by atoms with Crippen LogP contribution < -0.4 is 5.46 Å². The summed E-state index contributed by atoms with van der Waals surface area (Å²) in [5, 5.41) is 0.748. The molecule has 5 heteroatoms. The van der Waals surface area contributed by atoms with E-state index in [4.69, 9.17) is 20.9 Å². The van der Waals surface area contributed by atoms with Crippen molar-refractivity contribution in [2.45, 2.75) is 45.3 Å². The fourth-order valence-electron chi connectivity index (χ4n) is 2.47. The molecule has 1 saturated heterocycles. The second kappa shape index (κ2) is 5.93. The van der Waals surface area contributed by atoms with Crippen molar-refractivity contribution in [1.29, 1.82) is 0 Å². The van der Waals surface area contributed by atoms with E-state index in [2.05, 4.69) is 32.7 Å². The topological polar surface area (TPSA) is 31.4 Å². The van der Waals surface area contributed by atoms with Gasteiger partial charge in [0.15, 0.2) is 0 Å². The molecule has 2 heterocycles. The number of aromatic nitrogens is 1. The number of halogens is 1. The van der Waals surface area contributed by atoms with Gasteiger partial charge in [-0.15, -0.1) is 0 Å². The van der Waals surface area contributed by atoms with E-state index in [1.165, 1.54) is 5.56 Å². The van der Waals surface area contributed by atoms with Crippen molar-refractivity contribution >= 4 is 24.2 Å². The van der Waals surface area contributed by atoms with Gasteiger partial charge in [0.1, 0.15) is 0 Å². The third-order valence-electron chi connectivity index (χ3n) is 4.67. The number of hydrogen-bond donors (Lipinski definition) is 0. The maximum atomic E-state index is 6.04. The molecule has 0 radical (unpaired) electrons. The van der Waals surface area contributed by atoms with Crippen LogP contribution in [0.3, 0.4) is 0 Å². The van der Waals surface area contributed by atoms with Crippen molar-refractivity contribution in [2.75, 3.05) is 0 Å². The summed E-state index contributed by atoms with van der Waals surface area (Å²) in [6, 6.07) is 11.9. The summed E-state index contributed by atoms with van der Waals surface area (Å²) >= 11 is 5.91. The molecule has 0 unspecified atom stereocenters. The van der Waals surface area contributed by atoms with Crippen molar-refractivity contribution in [1.82, 2.24) is 4.98 Å². The predicted molar refractivity (Wildman–Crippen MR) is 94.2 cm³/mol. The Labute approximate surface area is 143 Å². The number of nitrogens with zero attached hydrogens (tertiary/aromatic N) is 1. The number of benzene rings is 1. The lowest BCUT2D eigenvalue weighted by Crippen LogP contribution is -2.41. The first-order valence-corrected chi connectivity index (χ1v) is 8.19. The van der Waals surface area contributed by atoms with E-state index in [9.17, 15) is 0 Å². The van der Waals surface area contributed by atoms with Crippen LogP contribution in [0.5, 0.6) is 0 Å². The Hall–Kier alpha value is -1.36. The Bertz CT molecular complexity index is 667. The molecule has 0 spiro atoms. The third-order valence-corrected chi connectivity index (χ3v) is 4.92. The molecule has 3 rings (SSSR count). The summed E-state index contributed by atoms with van der Waals surface area (Å²) < 4.78 is 12.1. The summed E-state index contributed by atoms with van der Waals surface area (Å²) in [6.07, 6.45) is 2.62. The van der Waals surface area contributed by atoms with Gasteiger partial charge in [-0.2, -0.15) is 0 Å². The van der Waals surface area contributed by atoms with E-state index in [0.29, 0.717) is 0 Å². The molecule has 3 nitrogen and oxygen atoms in total. The highest BCUT2D eigenvalue weighted by Gasteiger charge is 2.51. The molecular formula is C18H21BClNO2. The lowest BCUT2D eigenvalue weighted by molar-refractivity contribution is 0.00578. The zero-order chi connectivity index (χ0) is 16.7. The highest BCUT2D eigenvalue weighted by Crippen LogP contribution is 2.36. The predicted octanol–water partition coefficient (Wildman–Crippen LogP) is 3.63. The van der Waals surface area contributed by atoms with Crippen LogP contribution in [0.4, 0.5) is 0 Å². The van der Waals surface area contributed by atoms with Crippen molar-refractivity contribution in [3.05, 3.63) is 58.9 Å². The molecule has 0 N–H and O–H groups in total. The molecule has 0 saturated carbocycles. The first-order chi connectivity index (χ1) is 10.8. The van der Waals surface area contributed by atoms with Gasteiger partial charge in [0, 0.05) is 28.8 Å². The molecule has 23 heavy (non-hydrogen) atoms. The average Bonchev–Trinajstić information content (AvgIpc) is 2.71. The monoisotopic (exact) mass is 329 g/mol. The van der Waals surface area contributed by atoms with Gasteiger partial charge < -0.3 is 9.31 Å². The largest absolute Gasteiger partial charge is 0.496 e. The van der Waals surface area contributed by atoms with E-state index in [1.54, 1.807) is 0 Å². The molecule has 1 fully saturated rings. The quantitative estimate of drug-likeness (QED) is 0.806. The van der Waals surface area contributed by atoms with Gasteiger partial charge in [0.2, 0.25) is 0 Å². The lowest BCUT2D eigenvalue weighted by Gasteiger charge is -2.32. The Morgan fingerprint density at radius 3 is 2.09 bits per heavy atom. The summed E-state index contributed by atoms with van der Waals surface area (Å²) in [6.45, 7) is 8.20. The highest BCUT2D eigenvalue weighted by molar-refractivity contribution is 6.62. The number of pyridine rings is 1. The van der Waals surface area contributed by atoms with E-state index < -0.39 is 0 Å². The minimum Gasteiger partial charge on any atom is -0.399 e. The molecular weight excluding hydrogens is 308 g/mol. The standard InChI is InChI=1S/C18H21BClNO2/c1-17(2)18(3,4)23-19(22-17)14-7-10-16(21-12-14)11-13-5-8-15(20)9-6-13/h5-10,12H,11H2,1-4H3. The van der Waals surface area contributed by atoms with E-state index in [-0.39, 0.29) is 18.3 Å². The zero-order valence-corrected chi connectivity index (χ0v) is 14.7. The summed E-state index contributed by atoms with van der Waals surface area (Å²) in [5.74, 6) is 0. The molecule has 0 amide bonds. The summed E-state index contributed by atoms with van der Waals surface area (Å²) in [4.78, 5) is 4.54. The maximum absolute atomic E-state index is 6.04. The van der Waals surface area contributed by atoms with E-state index >= 15 is 0 Å². The van der Waals surface area contributed by atoms with Crippen LogP contribution in [0.15, 0.2) is 42.6 Å². The van der Waals surface area contributed by atoms with Crippen molar-refractivity contribution in [3.63, 3.8) is 0 Å². The smallest absolute Gasteiger partial charge is 0.399 e. The Balaban J connectivity index is 1.72. The first-order valence-electron chi connectivity index (χ1n) is 7.82. The molecule has 2 aromatic rings. The van der Waals surface area contributed by atoms with Gasteiger partial charge in [-0.3, -0.25) is 4.98 Å². The molecule has 120 valence electrons. The molecule has 1 aliphatic rings. The molecule has 0 bridgehead atoms. The van der Waals surface area contributed by atoms with Gasteiger partial charge in [-0.05, 0) is 51.5 Å². The molecule has 1 aromatic carbocycles. The van der Waals surface area contributed by atoms with Crippen LogP contribution in [0.2, 0.25) is 5.02 Å². The highest BCUT2D eigenvalue weighted by atomic mass is 35.5. The molecule has 1 aliphatic heterocycles. The molecule has 1 aromatic heterocycles. The first kappa shape index (κ1) is 16.5. The van der Waals surface area contributed by atoms with Crippen LogP contribution in [0.1, 0.15) is 39.0 Å². The van der Waals surface area contributed by atoms with E-state index in [0.717, 1.165) is 22.6 Å². The van der Waals surface area contributed by atoms with Crippen molar-refractivity contribution < 1.29 is 9.31 Å². The molecule has 0 atom stereocenters. The normalized spacial score (nSPS) is 19.1. The van der Waals surface area contributed by atoms with Gasteiger partial charge in [-0.1, -0.05) is 29.8 Å². The van der Waals surface area contributed by atoms with Crippen LogP contribution in [-0.2, 0) is 15.7 Å². The Kier molecular flexibility index (Phi) is 4.26. The lowest BCUT2D eigenvalue weighted by atomic mass is 9.80. The fourth-order valence-corrected chi connectivity index (χ4v) is 2.60. The Morgan fingerprint density at radius 1 is 0.957 bits per heavy atom. The van der Waals surface area contributed by atoms with Gasteiger partial charge in [-0.25, -0.2) is 0 Å². The zero-order valence-electron chi connectivity index (χ0n) is 14.0. The fraction of sp³-hybridized carbons (Fsp3) is 0.389. The number of hydrogen-bond acceptors (Lipinski definition) is 3. The van der Waals surface area contributed by atoms with Gasteiger partial charge >= 0.3 is 7.12 Å². The van der Waals surface area contributed by atoms with Crippen LogP contribution >= 0.6 is 11.6 Å². The number of rotatable bonds is 3. The van der Waals surface area contributed by atoms with Gasteiger partial charge in [0.25, 0.3) is 0 Å². The second-order valence-electron chi connectivity index (χ2n) is 6.97. The minimum absolute atomic E-state index is 0.334. The van der Waals surface area contributed by atoms with Crippen molar-refractivity contribution in [3.8, 4) is 0 Å². The van der Waals surface area contributed by atoms with E-state index in [1.807, 2.05) is 42.6 Å². The molecule has 0 aliphatic carbocycles. The summed E-state index contributed by atoms with van der Waals surface area (Å²) in [7, 11) is -0.364. The minimum atomic E-state index is -0.364. The van der Waals surface area contributed by atoms with Crippen LogP contribution in [0.25, 0.3) is 0 Å². The van der Waals surface area contributed by atoms with Crippen molar-refractivity contribution in [2.24, 2.45) is 0 Å². The SMILES string of the molecule is CC1(C)OB(c2ccc(Cc3ccc(Cl)cc3)nc2)OC1(C)C. The van der Waals surface area contributed by atoms with Gasteiger partial charge in [0.05, 0.1) is 11.2 Å². The Morgan fingerprint density at radius 2 is 1.57 bits per heavy atom. The summed E-state index contributed by atoms with van der Waals surface area (Å²) in [5.41, 5.74) is 2.47. The average molecular weight is 330 g/mol.